The second-order valence-corrected chi connectivity index (χ2v) is 7.72. The normalized spacial score (nSPS) is 16.0. The van der Waals surface area contributed by atoms with Gasteiger partial charge in [-0.2, -0.15) is 4.37 Å². The molecule has 1 saturated heterocycles. The third-order valence-electron chi connectivity index (χ3n) is 4.72. The number of carbonyl (C=O) groups excluding carboxylic acids is 1. The lowest BCUT2D eigenvalue weighted by Gasteiger charge is -2.32. The van der Waals surface area contributed by atoms with Crippen molar-refractivity contribution in [1.82, 2.24) is 14.2 Å². The van der Waals surface area contributed by atoms with E-state index in [1.165, 1.54) is 24.4 Å². The van der Waals surface area contributed by atoms with E-state index in [9.17, 15) is 4.79 Å². The molecule has 130 valence electrons. The quantitative estimate of drug-likeness (QED) is 0.894. The molecule has 1 aliphatic heterocycles. The topological polar surface area (TPSA) is 48.5 Å². The van der Waals surface area contributed by atoms with Gasteiger partial charge in [0.15, 0.2) is 0 Å². The van der Waals surface area contributed by atoms with E-state index >= 15 is 0 Å². The monoisotopic (exact) mass is 346 g/mol. The number of hydrogen-bond donors (Lipinski definition) is 1. The molecule has 2 aromatic rings. The lowest BCUT2D eigenvalue weighted by molar-refractivity contribution is 0.178. The highest BCUT2D eigenvalue weighted by atomic mass is 32.1. The SMILES string of the molecule is CN(C)CCCC1CCN(C(=O)Nc2ccc3sncc3c2)CC1. The van der Waals surface area contributed by atoms with Crippen molar-refractivity contribution in [2.45, 2.75) is 25.7 Å². The summed E-state index contributed by atoms with van der Waals surface area (Å²) >= 11 is 1.48. The van der Waals surface area contributed by atoms with Crippen molar-refractivity contribution < 1.29 is 4.79 Å². The van der Waals surface area contributed by atoms with E-state index in [0.717, 1.165) is 54.2 Å². The lowest BCUT2D eigenvalue weighted by atomic mass is 9.92. The third kappa shape index (κ3) is 4.45. The van der Waals surface area contributed by atoms with Crippen molar-refractivity contribution in [2.24, 2.45) is 5.92 Å². The minimum absolute atomic E-state index is 0.0179. The first-order valence-corrected chi connectivity index (χ1v) is 9.44. The highest BCUT2D eigenvalue weighted by Crippen LogP contribution is 2.24. The molecule has 3 rings (SSSR count). The number of benzene rings is 1. The standard InChI is InChI=1S/C18H26N4OS/c1-21(2)9-3-4-14-7-10-22(11-8-14)18(23)20-16-5-6-17-15(12-16)13-19-24-17/h5-6,12-14H,3-4,7-11H2,1-2H3,(H,20,23). The van der Waals surface area contributed by atoms with Crippen LogP contribution in [-0.4, -0.2) is 53.9 Å². The average molecular weight is 347 g/mol. The Morgan fingerprint density at radius 2 is 2.17 bits per heavy atom. The Bertz CT molecular complexity index is 676. The molecule has 1 aliphatic rings. The number of rotatable bonds is 5. The molecule has 6 heteroatoms. The number of piperidine rings is 1. The Hall–Kier alpha value is -1.66. The van der Waals surface area contributed by atoms with Gasteiger partial charge in [0, 0.05) is 30.4 Å². The van der Waals surface area contributed by atoms with E-state index in [1.54, 1.807) is 0 Å². The molecule has 0 atom stereocenters. The first-order valence-electron chi connectivity index (χ1n) is 8.67. The van der Waals surface area contributed by atoms with Crippen LogP contribution >= 0.6 is 11.5 Å². The summed E-state index contributed by atoms with van der Waals surface area (Å²) in [5, 5.41) is 4.10. The van der Waals surface area contributed by atoms with Gasteiger partial charge >= 0.3 is 6.03 Å². The number of hydrogen-bond acceptors (Lipinski definition) is 4. The molecule has 2 amide bonds. The number of nitrogens with one attached hydrogen (secondary N) is 1. The zero-order chi connectivity index (χ0) is 16.9. The Labute approximate surface area is 147 Å². The van der Waals surface area contributed by atoms with Crippen LogP contribution in [0.5, 0.6) is 0 Å². The number of nitrogens with zero attached hydrogens (tertiary/aromatic N) is 3. The van der Waals surface area contributed by atoms with Gasteiger partial charge in [0.05, 0.1) is 4.70 Å². The minimum atomic E-state index is 0.0179. The number of likely N-dealkylation sites (tertiary alicyclic amines) is 1. The summed E-state index contributed by atoms with van der Waals surface area (Å²) in [4.78, 5) is 16.6. The zero-order valence-corrected chi connectivity index (χ0v) is 15.3. The molecule has 0 spiro atoms. The van der Waals surface area contributed by atoms with E-state index in [1.807, 2.05) is 29.3 Å². The molecule has 0 aliphatic carbocycles. The number of fused-ring (bicyclic) bond motifs is 1. The molecule has 0 bridgehead atoms. The molecule has 1 fully saturated rings. The van der Waals surface area contributed by atoms with Crippen LogP contribution in [0, 0.1) is 5.92 Å². The fourth-order valence-corrected chi connectivity index (χ4v) is 3.90. The molecular weight excluding hydrogens is 320 g/mol. The minimum Gasteiger partial charge on any atom is -0.325 e. The molecule has 0 unspecified atom stereocenters. The molecule has 1 N–H and O–H groups in total. The second-order valence-electron chi connectivity index (χ2n) is 6.88. The van der Waals surface area contributed by atoms with Crippen molar-refractivity contribution in [3.63, 3.8) is 0 Å². The number of amides is 2. The second kappa shape index (κ2) is 7.94. The van der Waals surface area contributed by atoms with Crippen LogP contribution in [-0.2, 0) is 0 Å². The summed E-state index contributed by atoms with van der Waals surface area (Å²) in [6, 6.07) is 5.97. The predicted octanol–water partition coefficient (Wildman–Crippen LogP) is 3.88. The Morgan fingerprint density at radius 3 is 2.92 bits per heavy atom. The summed E-state index contributed by atoms with van der Waals surface area (Å²) < 4.78 is 5.32. The van der Waals surface area contributed by atoms with Crippen LogP contribution in [0.1, 0.15) is 25.7 Å². The first kappa shape index (κ1) is 17.2. The van der Waals surface area contributed by atoms with Gasteiger partial charge in [0.2, 0.25) is 0 Å². The summed E-state index contributed by atoms with van der Waals surface area (Å²) in [7, 11) is 4.24. The molecule has 1 aromatic carbocycles. The molecule has 2 heterocycles. The lowest BCUT2D eigenvalue weighted by Crippen LogP contribution is -2.41. The highest BCUT2D eigenvalue weighted by molar-refractivity contribution is 7.13. The smallest absolute Gasteiger partial charge is 0.321 e. The van der Waals surface area contributed by atoms with E-state index in [4.69, 9.17) is 0 Å². The van der Waals surface area contributed by atoms with Gasteiger partial charge in [-0.15, -0.1) is 0 Å². The number of anilines is 1. The Morgan fingerprint density at radius 1 is 1.38 bits per heavy atom. The van der Waals surface area contributed by atoms with Crippen molar-refractivity contribution in [3.8, 4) is 0 Å². The molecule has 24 heavy (non-hydrogen) atoms. The fourth-order valence-electron chi connectivity index (χ4n) is 3.27. The maximum atomic E-state index is 12.4. The van der Waals surface area contributed by atoms with Crippen LogP contribution in [0.4, 0.5) is 10.5 Å². The number of aromatic nitrogens is 1. The van der Waals surface area contributed by atoms with E-state index in [-0.39, 0.29) is 6.03 Å². The summed E-state index contributed by atoms with van der Waals surface area (Å²) in [5.74, 6) is 0.766. The van der Waals surface area contributed by atoms with Gasteiger partial charge in [-0.05, 0) is 82.0 Å². The van der Waals surface area contributed by atoms with Crippen LogP contribution in [0.25, 0.3) is 10.1 Å². The molecule has 5 nitrogen and oxygen atoms in total. The van der Waals surface area contributed by atoms with Crippen LogP contribution in [0.3, 0.4) is 0 Å². The highest BCUT2D eigenvalue weighted by Gasteiger charge is 2.22. The van der Waals surface area contributed by atoms with Gasteiger partial charge in [-0.25, -0.2) is 4.79 Å². The molecule has 1 aromatic heterocycles. The maximum absolute atomic E-state index is 12.4. The van der Waals surface area contributed by atoms with E-state index < -0.39 is 0 Å². The van der Waals surface area contributed by atoms with E-state index in [0.29, 0.717) is 0 Å². The number of urea groups is 1. The van der Waals surface area contributed by atoms with Crippen molar-refractivity contribution >= 4 is 33.3 Å². The van der Waals surface area contributed by atoms with Crippen molar-refractivity contribution in [1.29, 1.82) is 0 Å². The molecular formula is C18H26N4OS. The van der Waals surface area contributed by atoms with Gasteiger partial charge < -0.3 is 15.1 Å². The van der Waals surface area contributed by atoms with Gasteiger partial charge in [0.1, 0.15) is 0 Å². The first-order chi connectivity index (χ1) is 11.6. The van der Waals surface area contributed by atoms with Crippen LogP contribution < -0.4 is 5.32 Å². The Kier molecular flexibility index (Phi) is 5.68. The average Bonchev–Trinajstić information content (AvgIpc) is 3.03. The summed E-state index contributed by atoms with van der Waals surface area (Å²) in [6.07, 6.45) is 6.60. The van der Waals surface area contributed by atoms with E-state index in [2.05, 4.69) is 28.7 Å². The van der Waals surface area contributed by atoms with Gasteiger partial charge in [-0.1, -0.05) is 0 Å². The Balaban J connectivity index is 1.46. The van der Waals surface area contributed by atoms with Crippen LogP contribution in [0.15, 0.2) is 24.4 Å². The zero-order valence-electron chi connectivity index (χ0n) is 14.5. The van der Waals surface area contributed by atoms with Crippen molar-refractivity contribution in [3.05, 3.63) is 24.4 Å². The van der Waals surface area contributed by atoms with Crippen LogP contribution in [0.2, 0.25) is 0 Å². The largest absolute Gasteiger partial charge is 0.325 e. The third-order valence-corrected chi connectivity index (χ3v) is 5.50. The molecule has 0 radical (unpaired) electrons. The summed E-state index contributed by atoms with van der Waals surface area (Å²) in [5.41, 5.74) is 0.848. The maximum Gasteiger partial charge on any atom is 0.321 e. The predicted molar refractivity (Wildman–Crippen MR) is 101 cm³/mol. The van der Waals surface area contributed by atoms with Gasteiger partial charge in [-0.3, -0.25) is 0 Å². The number of carbonyl (C=O) groups is 1. The molecule has 0 saturated carbocycles. The van der Waals surface area contributed by atoms with Gasteiger partial charge in [0.25, 0.3) is 0 Å². The van der Waals surface area contributed by atoms with Crippen molar-refractivity contribution in [2.75, 3.05) is 39.0 Å². The fraction of sp³-hybridized carbons (Fsp3) is 0.556. The summed E-state index contributed by atoms with van der Waals surface area (Å²) in [6.45, 7) is 2.88.